The lowest BCUT2D eigenvalue weighted by atomic mass is 10.2. The minimum atomic E-state index is 0.746. The van der Waals surface area contributed by atoms with Crippen molar-refractivity contribution in [1.29, 1.82) is 0 Å². The number of hydrogen-bond acceptors (Lipinski definition) is 3. The van der Waals surface area contributed by atoms with E-state index in [2.05, 4.69) is 35.4 Å². The van der Waals surface area contributed by atoms with Crippen LogP contribution in [0.5, 0.6) is 0 Å². The molecule has 0 saturated carbocycles. The van der Waals surface area contributed by atoms with E-state index in [4.69, 9.17) is 0 Å². The molecular weight excluding hydrogens is 210 g/mol. The normalized spacial score (nSPS) is 22.5. The van der Waals surface area contributed by atoms with Gasteiger partial charge >= 0.3 is 0 Å². The number of thiophene rings is 1. The van der Waals surface area contributed by atoms with Crippen LogP contribution in [-0.4, -0.2) is 17.5 Å². The van der Waals surface area contributed by atoms with Crippen LogP contribution in [0, 0.1) is 6.92 Å². The van der Waals surface area contributed by atoms with Crippen LogP contribution < -0.4 is 5.32 Å². The molecule has 78 valence electrons. The number of rotatable bonds is 3. The Hall–Kier alpha value is 0.01000. The summed E-state index contributed by atoms with van der Waals surface area (Å²) in [4.78, 5) is 1.47. The van der Waals surface area contributed by atoms with Gasteiger partial charge in [-0.3, -0.25) is 0 Å². The Morgan fingerprint density at radius 1 is 1.57 bits per heavy atom. The smallest absolute Gasteiger partial charge is 0.0302 e. The van der Waals surface area contributed by atoms with Gasteiger partial charge in [0.25, 0.3) is 0 Å². The van der Waals surface area contributed by atoms with Crippen LogP contribution in [0.1, 0.15) is 23.3 Å². The highest BCUT2D eigenvalue weighted by atomic mass is 32.2. The molecule has 1 atom stereocenters. The van der Waals surface area contributed by atoms with Gasteiger partial charge in [0.2, 0.25) is 0 Å². The van der Waals surface area contributed by atoms with Gasteiger partial charge in [0, 0.05) is 23.2 Å². The average Bonchev–Trinajstić information content (AvgIpc) is 2.63. The Labute approximate surface area is 94.3 Å². The molecule has 1 unspecified atom stereocenters. The molecule has 2 heterocycles. The van der Waals surface area contributed by atoms with E-state index >= 15 is 0 Å². The fourth-order valence-electron chi connectivity index (χ4n) is 1.73. The van der Waals surface area contributed by atoms with Crippen LogP contribution >= 0.6 is 23.1 Å². The summed E-state index contributed by atoms with van der Waals surface area (Å²) >= 11 is 3.95. The maximum absolute atomic E-state index is 3.64. The minimum Gasteiger partial charge on any atom is -0.308 e. The molecule has 1 nitrogen and oxygen atoms in total. The lowest BCUT2D eigenvalue weighted by Gasteiger charge is -2.22. The Morgan fingerprint density at radius 3 is 3.14 bits per heavy atom. The van der Waals surface area contributed by atoms with Crippen molar-refractivity contribution in [1.82, 2.24) is 5.32 Å². The Morgan fingerprint density at radius 2 is 2.50 bits per heavy atom. The monoisotopic (exact) mass is 227 g/mol. The first-order chi connectivity index (χ1) is 6.84. The summed E-state index contributed by atoms with van der Waals surface area (Å²) in [6, 6.07) is 3.03. The van der Waals surface area contributed by atoms with Crippen LogP contribution in [0.15, 0.2) is 11.4 Å². The van der Waals surface area contributed by atoms with Gasteiger partial charge in [0.05, 0.1) is 0 Å². The van der Waals surface area contributed by atoms with Crippen molar-refractivity contribution in [3.05, 3.63) is 21.9 Å². The molecular formula is C11H17NS2. The van der Waals surface area contributed by atoms with E-state index in [0.29, 0.717) is 0 Å². The van der Waals surface area contributed by atoms with Crippen LogP contribution in [0.25, 0.3) is 0 Å². The van der Waals surface area contributed by atoms with Gasteiger partial charge in [-0.2, -0.15) is 11.8 Å². The summed E-state index contributed by atoms with van der Waals surface area (Å²) < 4.78 is 0. The lowest BCUT2D eigenvalue weighted by Crippen LogP contribution is -2.32. The molecule has 1 aromatic rings. The van der Waals surface area contributed by atoms with Crippen LogP contribution in [0.3, 0.4) is 0 Å². The predicted molar refractivity (Wildman–Crippen MR) is 66.2 cm³/mol. The first-order valence-electron chi connectivity index (χ1n) is 5.20. The number of hydrogen-bond donors (Lipinski definition) is 1. The quantitative estimate of drug-likeness (QED) is 0.852. The summed E-state index contributed by atoms with van der Waals surface area (Å²) in [7, 11) is 0. The zero-order valence-corrected chi connectivity index (χ0v) is 10.2. The molecule has 0 radical (unpaired) electrons. The minimum absolute atomic E-state index is 0.746. The largest absolute Gasteiger partial charge is 0.308 e. The van der Waals surface area contributed by atoms with Gasteiger partial charge in [-0.25, -0.2) is 0 Å². The number of nitrogens with one attached hydrogen (secondary N) is 1. The lowest BCUT2D eigenvalue weighted by molar-refractivity contribution is 0.510. The Bertz CT molecular complexity index is 277. The first-order valence-corrected chi connectivity index (χ1v) is 7.23. The van der Waals surface area contributed by atoms with Gasteiger partial charge in [0.1, 0.15) is 0 Å². The topological polar surface area (TPSA) is 12.0 Å². The third-order valence-corrected chi connectivity index (χ3v) is 4.78. The second-order valence-electron chi connectivity index (χ2n) is 3.89. The van der Waals surface area contributed by atoms with E-state index in [1.165, 1.54) is 34.8 Å². The summed E-state index contributed by atoms with van der Waals surface area (Å²) in [5, 5.41) is 5.87. The summed E-state index contributed by atoms with van der Waals surface area (Å²) in [6.07, 6.45) is 2.74. The number of aryl methyl sites for hydroxylation is 1. The van der Waals surface area contributed by atoms with Gasteiger partial charge in [-0.05, 0) is 42.5 Å². The van der Waals surface area contributed by atoms with E-state index in [0.717, 1.165) is 12.6 Å². The highest BCUT2D eigenvalue weighted by Crippen LogP contribution is 2.18. The van der Waals surface area contributed by atoms with Gasteiger partial charge in [0.15, 0.2) is 0 Å². The molecule has 0 amide bonds. The molecule has 1 aromatic heterocycles. The highest BCUT2D eigenvalue weighted by Gasteiger charge is 2.12. The summed E-state index contributed by atoms with van der Waals surface area (Å²) in [6.45, 7) is 3.22. The van der Waals surface area contributed by atoms with Crippen molar-refractivity contribution >= 4 is 23.1 Å². The summed E-state index contributed by atoms with van der Waals surface area (Å²) in [5.41, 5.74) is 1.39. The maximum atomic E-state index is 3.64. The fourth-order valence-corrected chi connectivity index (χ4v) is 3.66. The molecule has 0 spiro atoms. The molecule has 1 saturated heterocycles. The van der Waals surface area contributed by atoms with Crippen LogP contribution in [0.4, 0.5) is 0 Å². The molecule has 0 bridgehead atoms. The standard InChI is InChI=1S/C11H17NS2/c1-9-5-11(14-7-9)6-12-10-3-2-4-13-8-10/h5,7,10,12H,2-4,6,8H2,1H3. The first kappa shape index (κ1) is 10.5. The maximum Gasteiger partial charge on any atom is 0.0302 e. The van der Waals surface area contributed by atoms with Crippen molar-refractivity contribution in [2.75, 3.05) is 11.5 Å². The summed E-state index contributed by atoms with van der Waals surface area (Å²) in [5.74, 6) is 2.65. The van der Waals surface area contributed by atoms with Crippen molar-refractivity contribution in [2.24, 2.45) is 0 Å². The van der Waals surface area contributed by atoms with Crippen molar-refractivity contribution < 1.29 is 0 Å². The van der Waals surface area contributed by atoms with E-state index in [1.54, 1.807) is 0 Å². The van der Waals surface area contributed by atoms with Gasteiger partial charge in [-0.1, -0.05) is 0 Å². The van der Waals surface area contributed by atoms with E-state index in [1.807, 2.05) is 11.3 Å². The molecule has 3 heteroatoms. The zero-order chi connectivity index (χ0) is 9.80. The van der Waals surface area contributed by atoms with Crippen molar-refractivity contribution in [3.63, 3.8) is 0 Å². The van der Waals surface area contributed by atoms with Crippen LogP contribution in [-0.2, 0) is 6.54 Å². The second-order valence-corrected chi connectivity index (χ2v) is 6.03. The fraction of sp³-hybridized carbons (Fsp3) is 0.636. The molecule has 1 aliphatic rings. The molecule has 1 aliphatic heterocycles. The Kier molecular flexibility index (Phi) is 3.90. The van der Waals surface area contributed by atoms with Crippen molar-refractivity contribution in [2.45, 2.75) is 32.4 Å². The zero-order valence-electron chi connectivity index (χ0n) is 8.58. The average molecular weight is 227 g/mol. The molecule has 0 aliphatic carbocycles. The van der Waals surface area contributed by atoms with E-state index in [9.17, 15) is 0 Å². The SMILES string of the molecule is Cc1csc(CNC2CCCSC2)c1. The third-order valence-electron chi connectivity index (χ3n) is 2.51. The number of thioether (sulfide) groups is 1. The molecule has 2 rings (SSSR count). The molecule has 0 aromatic carbocycles. The van der Waals surface area contributed by atoms with E-state index in [-0.39, 0.29) is 0 Å². The Balaban J connectivity index is 1.76. The van der Waals surface area contributed by atoms with Gasteiger partial charge < -0.3 is 5.32 Å². The predicted octanol–water partition coefficient (Wildman–Crippen LogP) is 3.04. The van der Waals surface area contributed by atoms with Crippen molar-refractivity contribution in [3.8, 4) is 0 Å². The molecule has 1 fully saturated rings. The van der Waals surface area contributed by atoms with E-state index < -0.39 is 0 Å². The molecule has 14 heavy (non-hydrogen) atoms. The highest BCUT2D eigenvalue weighted by molar-refractivity contribution is 7.99. The molecule has 1 N–H and O–H groups in total. The third kappa shape index (κ3) is 3.01. The second kappa shape index (κ2) is 5.19. The van der Waals surface area contributed by atoms with Crippen LogP contribution in [0.2, 0.25) is 0 Å². The van der Waals surface area contributed by atoms with Gasteiger partial charge in [-0.15, -0.1) is 11.3 Å².